The van der Waals surface area contributed by atoms with Crippen molar-refractivity contribution in [1.29, 1.82) is 0 Å². The van der Waals surface area contributed by atoms with Crippen molar-refractivity contribution in [2.24, 2.45) is 0 Å². The molecule has 2 atom stereocenters. The number of aromatic nitrogens is 2. The molecule has 1 N–H and O–H groups in total. The van der Waals surface area contributed by atoms with Crippen LogP contribution in [0.5, 0.6) is 5.75 Å². The first kappa shape index (κ1) is 18.7. The average Bonchev–Trinajstić information content (AvgIpc) is 2.94. The minimum Gasteiger partial charge on any atom is -0.479 e. The smallest absolute Gasteiger partial charge is 0.267 e. The average molecular weight is 346 g/mol. The van der Waals surface area contributed by atoms with Crippen molar-refractivity contribution in [2.45, 2.75) is 38.8 Å². The second kappa shape index (κ2) is 8.98. The van der Waals surface area contributed by atoms with Crippen LogP contribution in [0.1, 0.15) is 38.1 Å². The first-order chi connectivity index (χ1) is 10.1. The Balaban J connectivity index is 0.00000242. The van der Waals surface area contributed by atoms with Gasteiger partial charge in [-0.1, -0.05) is 35.8 Å². The molecule has 0 saturated heterocycles. The van der Waals surface area contributed by atoms with Crippen molar-refractivity contribution in [3.05, 3.63) is 41.0 Å². The van der Waals surface area contributed by atoms with Crippen LogP contribution in [0.3, 0.4) is 0 Å². The number of ether oxygens (including phenoxy) is 1. The molecule has 7 heteroatoms. The Morgan fingerprint density at radius 2 is 2.09 bits per heavy atom. The van der Waals surface area contributed by atoms with Gasteiger partial charge in [-0.2, -0.15) is 4.98 Å². The zero-order valence-electron chi connectivity index (χ0n) is 12.9. The van der Waals surface area contributed by atoms with Crippen LogP contribution in [0, 0.1) is 0 Å². The molecule has 0 radical (unpaired) electrons. The van der Waals surface area contributed by atoms with Gasteiger partial charge in [0, 0.05) is 12.5 Å². The summed E-state index contributed by atoms with van der Waals surface area (Å²) >= 11 is 6.11. The first-order valence-corrected chi connectivity index (χ1v) is 7.42. The summed E-state index contributed by atoms with van der Waals surface area (Å²) < 4.78 is 11.2. The maximum absolute atomic E-state index is 6.11. The maximum atomic E-state index is 6.11. The molecule has 5 nitrogen and oxygen atoms in total. The third-order valence-electron chi connectivity index (χ3n) is 3.22. The molecule has 22 heavy (non-hydrogen) atoms. The molecule has 0 aliphatic heterocycles. The number of nitrogens with one attached hydrogen (secondary N) is 1. The van der Waals surface area contributed by atoms with Crippen LogP contribution in [0.2, 0.25) is 5.02 Å². The van der Waals surface area contributed by atoms with Gasteiger partial charge >= 0.3 is 0 Å². The second-order valence-electron chi connectivity index (χ2n) is 4.89. The van der Waals surface area contributed by atoms with Crippen molar-refractivity contribution in [1.82, 2.24) is 15.5 Å². The Morgan fingerprint density at radius 1 is 1.36 bits per heavy atom. The third-order valence-corrected chi connectivity index (χ3v) is 3.53. The molecule has 0 fully saturated rings. The van der Waals surface area contributed by atoms with Crippen molar-refractivity contribution < 1.29 is 9.26 Å². The quantitative estimate of drug-likeness (QED) is 0.826. The lowest BCUT2D eigenvalue weighted by Gasteiger charge is -2.14. The number of benzene rings is 1. The van der Waals surface area contributed by atoms with E-state index in [2.05, 4.69) is 22.4 Å². The topological polar surface area (TPSA) is 60.2 Å². The van der Waals surface area contributed by atoms with Gasteiger partial charge in [-0.3, -0.25) is 0 Å². The molecule has 0 bridgehead atoms. The van der Waals surface area contributed by atoms with Gasteiger partial charge in [0.15, 0.2) is 11.9 Å². The number of likely N-dealkylation sites (N-methyl/N-ethyl adjacent to an activating group) is 1. The van der Waals surface area contributed by atoms with E-state index in [1.807, 2.05) is 32.2 Å². The molecule has 122 valence electrons. The fourth-order valence-corrected chi connectivity index (χ4v) is 2.04. The molecule has 1 aromatic heterocycles. The highest BCUT2D eigenvalue weighted by molar-refractivity contribution is 6.32. The van der Waals surface area contributed by atoms with E-state index in [0.717, 1.165) is 0 Å². The molecule has 0 aliphatic rings. The van der Waals surface area contributed by atoms with E-state index in [4.69, 9.17) is 20.9 Å². The predicted octanol–water partition coefficient (Wildman–Crippen LogP) is 3.83. The normalized spacial score (nSPS) is 13.3. The Morgan fingerprint density at radius 3 is 2.73 bits per heavy atom. The van der Waals surface area contributed by atoms with E-state index in [1.165, 1.54) is 0 Å². The molecule has 0 amide bonds. The molecule has 0 aliphatic carbocycles. The zero-order valence-corrected chi connectivity index (χ0v) is 14.4. The minimum absolute atomic E-state index is 0. The zero-order chi connectivity index (χ0) is 15.2. The number of rotatable bonds is 7. The van der Waals surface area contributed by atoms with Crippen LogP contribution in [0.25, 0.3) is 0 Å². The molecular formula is C15H21Cl2N3O2. The van der Waals surface area contributed by atoms with Gasteiger partial charge in [-0.25, -0.2) is 0 Å². The monoisotopic (exact) mass is 345 g/mol. The highest BCUT2D eigenvalue weighted by Crippen LogP contribution is 2.29. The summed E-state index contributed by atoms with van der Waals surface area (Å²) in [6, 6.07) is 7.64. The van der Waals surface area contributed by atoms with E-state index < -0.39 is 0 Å². The van der Waals surface area contributed by atoms with E-state index in [0.29, 0.717) is 41.4 Å². The highest BCUT2D eigenvalue weighted by atomic mass is 35.5. The van der Waals surface area contributed by atoms with Crippen molar-refractivity contribution in [3.63, 3.8) is 0 Å². The van der Waals surface area contributed by atoms with Crippen LogP contribution < -0.4 is 10.1 Å². The fourth-order valence-electron chi connectivity index (χ4n) is 1.86. The largest absolute Gasteiger partial charge is 0.479 e. The second-order valence-corrected chi connectivity index (χ2v) is 5.30. The first-order valence-electron chi connectivity index (χ1n) is 7.05. The lowest BCUT2D eigenvalue weighted by atomic mass is 10.2. The van der Waals surface area contributed by atoms with E-state index in [-0.39, 0.29) is 18.5 Å². The van der Waals surface area contributed by atoms with Gasteiger partial charge in [0.05, 0.1) is 5.02 Å². The summed E-state index contributed by atoms with van der Waals surface area (Å²) in [7, 11) is 1.90. The summed E-state index contributed by atoms with van der Waals surface area (Å²) in [5, 5.41) is 7.71. The van der Waals surface area contributed by atoms with Gasteiger partial charge in [0.2, 0.25) is 0 Å². The molecular weight excluding hydrogens is 325 g/mol. The lowest BCUT2D eigenvalue weighted by Crippen LogP contribution is -2.24. The number of para-hydroxylation sites is 1. The number of halogens is 2. The van der Waals surface area contributed by atoms with Crippen LogP contribution in [0.4, 0.5) is 0 Å². The predicted molar refractivity (Wildman–Crippen MR) is 88.9 cm³/mol. The van der Waals surface area contributed by atoms with Gasteiger partial charge < -0.3 is 14.6 Å². The fraction of sp³-hybridized carbons (Fsp3) is 0.467. The number of nitrogens with zero attached hydrogens (tertiary/aromatic N) is 2. The lowest BCUT2D eigenvalue weighted by molar-refractivity contribution is 0.154. The Kier molecular flexibility index (Phi) is 7.65. The molecule has 2 aromatic rings. The summed E-state index contributed by atoms with van der Waals surface area (Å²) in [5.74, 6) is 1.78. The van der Waals surface area contributed by atoms with Gasteiger partial charge in [0.1, 0.15) is 5.75 Å². The van der Waals surface area contributed by atoms with E-state index in [9.17, 15) is 0 Å². The summed E-state index contributed by atoms with van der Waals surface area (Å²) in [5.41, 5.74) is 0. The maximum Gasteiger partial charge on any atom is 0.267 e. The van der Waals surface area contributed by atoms with Gasteiger partial charge in [0.25, 0.3) is 5.89 Å². The van der Waals surface area contributed by atoms with E-state index in [1.54, 1.807) is 6.07 Å². The van der Waals surface area contributed by atoms with Crippen LogP contribution in [-0.4, -0.2) is 23.2 Å². The van der Waals surface area contributed by atoms with Crippen molar-refractivity contribution >= 4 is 24.0 Å². The molecule has 0 spiro atoms. The van der Waals surface area contributed by atoms with Gasteiger partial charge in [-0.05, 0) is 32.5 Å². The molecule has 1 aromatic carbocycles. The van der Waals surface area contributed by atoms with Crippen LogP contribution in [-0.2, 0) is 6.42 Å². The Hall–Kier alpha value is -1.30. The summed E-state index contributed by atoms with van der Waals surface area (Å²) in [6.07, 6.45) is 1.13. The third kappa shape index (κ3) is 4.87. The van der Waals surface area contributed by atoms with E-state index >= 15 is 0 Å². The number of hydrogen-bond acceptors (Lipinski definition) is 5. The Labute approximate surface area is 141 Å². The molecule has 1 heterocycles. The summed E-state index contributed by atoms with van der Waals surface area (Å²) in [4.78, 5) is 4.41. The SMILES string of the molecule is CCC(Oc1ccccc1Cl)c1nc(CC(C)NC)no1.Cl. The summed E-state index contributed by atoms with van der Waals surface area (Å²) in [6.45, 7) is 4.06. The molecule has 2 unspecified atom stereocenters. The van der Waals surface area contributed by atoms with Gasteiger partial charge in [-0.15, -0.1) is 12.4 Å². The van der Waals surface area contributed by atoms with Crippen LogP contribution in [0.15, 0.2) is 28.8 Å². The standard InChI is InChI=1S/C15H20ClN3O2.ClH/c1-4-12(20-13-8-6-5-7-11(13)16)15-18-14(19-21-15)9-10(2)17-3;/h5-8,10,12,17H,4,9H2,1-3H3;1H. The van der Waals surface area contributed by atoms with Crippen molar-refractivity contribution in [2.75, 3.05) is 7.05 Å². The highest BCUT2D eigenvalue weighted by Gasteiger charge is 2.20. The Bertz CT molecular complexity index is 577. The van der Waals surface area contributed by atoms with Crippen molar-refractivity contribution in [3.8, 4) is 5.75 Å². The van der Waals surface area contributed by atoms with Crippen LogP contribution >= 0.6 is 24.0 Å². The minimum atomic E-state index is -0.295. The number of hydrogen-bond donors (Lipinski definition) is 1. The molecule has 0 saturated carbocycles. The molecule has 2 rings (SSSR count).